The minimum atomic E-state index is -0.819. The summed E-state index contributed by atoms with van der Waals surface area (Å²) in [5.41, 5.74) is 0.888. The maximum absolute atomic E-state index is 13.6. The van der Waals surface area contributed by atoms with Crippen molar-refractivity contribution in [2.75, 3.05) is 13.1 Å². The summed E-state index contributed by atoms with van der Waals surface area (Å²) >= 11 is 0. The third-order valence-corrected chi connectivity index (χ3v) is 8.09. The molecule has 5 rings (SSSR count). The monoisotopic (exact) mass is 371 g/mol. The predicted octanol–water partition coefficient (Wildman–Crippen LogP) is 3.45. The average molecular weight is 371 g/mol. The van der Waals surface area contributed by atoms with Gasteiger partial charge in [0.15, 0.2) is 0 Å². The van der Waals surface area contributed by atoms with E-state index in [1.165, 1.54) is 31.4 Å². The predicted molar refractivity (Wildman–Crippen MR) is 97.4 cm³/mol. The Hall–Kier alpha value is -1.91. The number of hydrogen-bond acceptors (Lipinski definition) is 2. The van der Waals surface area contributed by atoms with Gasteiger partial charge in [-0.3, -0.25) is 9.59 Å². The quantitative estimate of drug-likeness (QED) is 0.882. The van der Waals surface area contributed by atoms with Crippen molar-refractivity contribution < 1.29 is 19.1 Å². The van der Waals surface area contributed by atoms with E-state index in [1.807, 2.05) is 12.1 Å². The molecule has 1 aromatic carbocycles. The van der Waals surface area contributed by atoms with E-state index in [2.05, 4.69) is 0 Å². The van der Waals surface area contributed by atoms with Crippen molar-refractivity contribution in [3.63, 3.8) is 0 Å². The number of nitrogens with zero attached hydrogens (tertiary/aromatic N) is 1. The molecule has 1 amide bonds. The van der Waals surface area contributed by atoms with Gasteiger partial charge >= 0.3 is 5.97 Å². The fraction of sp³-hybridized carbons (Fsp3) is 0.636. The number of carbonyl (C=O) groups is 2. The second kappa shape index (κ2) is 6.05. The Morgan fingerprint density at radius 3 is 2.56 bits per heavy atom. The SMILES string of the molecule is O=C(O)C1CN(C(=O)CC2(c3ccc(F)cc3)CCC3CC4CC3C2C4)C1. The molecule has 5 atom stereocenters. The normalized spacial score (nSPS) is 37.3. The summed E-state index contributed by atoms with van der Waals surface area (Å²) in [5, 5.41) is 9.09. The molecule has 1 heterocycles. The van der Waals surface area contributed by atoms with Gasteiger partial charge in [0.1, 0.15) is 5.82 Å². The smallest absolute Gasteiger partial charge is 0.310 e. The molecule has 0 spiro atoms. The lowest BCUT2D eigenvalue weighted by Crippen LogP contribution is -2.55. The van der Waals surface area contributed by atoms with E-state index in [9.17, 15) is 14.0 Å². The van der Waals surface area contributed by atoms with Gasteiger partial charge in [0.2, 0.25) is 5.91 Å². The summed E-state index contributed by atoms with van der Waals surface area (Å²) in [4.78, 5) is 25.8. The molecule has 3 aliphatic carbocycles. The summed E-state index contributed by atoms with van der Waals surface area (Å²) < 4.78 is 13.6. The van der Waals surface area contributed by atoms with Crippen LogP contribution in [0, 0.1) is 35.4 Å². The van der Waals surface area contributed by atoms with E-state index in [4.69, 9.17) is 5.11 Å². The number of benzene rings is 1. The summed E-state index contributed by atoms with van der Waals surface area (Å²) in [7, 11) is 0. The van der Waals surface area contributed by atoms with Gasteiger partial charge in [-0.2, -0.15) is 0 Å². The Kier molecular flexibility index (Phi) is 3.85. The van der Waals surface area contributed by atoms with Gasteiger partial charge in [-0.05, 0) is 73.5 Å². The van der Waals surface area contributed by atoms with Crippen molar-refractivity contribution in [2.45, 2.75) is 43.9 Å². The highest BCUT2D eigenvalue weighted by molar-refractivity contribution is 5.82. The Bertz CT molecular complexity index is 772. The van der Waals surface area contributed by atoms with Crippen molar-refractivity contribution >= 4 is 11.9 Å². The Labute approximate surface area is 158 Å². The van der Waals surface area contributed by atoms with Gasteiger partial charge in [0.05, 0.1) is 5.92 Å². The number of likely N-dealkylation sites (tertiary alicyclic amines) is 1. The lowest BCUT2D eigenvalue weighted by molar-refractivity contribution is -0.153. The van der Waals surface area contributed by atoms with Crippen molar-refractivity contribution in [3.05, 3.63) is 35.6 Å². The number of aliphatic carboxylic acids is 1. The van der Waals surface area contributed by atoms with Gasteiger partial charge in [0, 0.05) is 24.9 Å². The second-order valence-corrected chi connectivity index (χ2v) is 9.32. The number of fused-ring (bicyclic) bond motifs is 1. The molecule has 27 heavy (non-hydrogen) atoms. The summed E-state index contributed by atoms with van der Waals surface area (Å²) in [5.74, 6) is 1.38. The molecule has 5 heteroatoms. The maximum Gasteiger partial charge on any atom is 0.310 e. The lowest BCUT2D eigenvalue weighted by Gasteiger charge is -2.51. The van der Waals surface area contributed by atoms with E-state index in [0.717, 1.165) is 30.2 Å². The fourth-order valence-corrected chi connectivity index (χ4v) is 6.77. The fourth-order valence-electron chi connectivity index (χ4n) is 6.77. The number of halogens is 1. The van der Waals surface area contributed by atoms with Gasteiger partial charge < -0.3 is 10.0 Å². The highest BCUT2D eigenvalue weighted by Gasteiger charge is 2.58. The zero-order valence-electron chi connectivity index (χ0n) is 15.4. The van der Waals surface area contributed by atoms with Gasteiger partial charge in [-0.15, -0.1) is 0 Å². The number of rotatable bonds is 4. The standard InChI is InChI=1S/C22H26FNO3/c23-17-3-1-16(2-4-17)22(10-20(25)24-11-15(12-24)21(26)27)6-5-14-7-13-8-18(14)19(22)9-13/h1-4,13-15,18-19H,5-12H2,(H,26,27). The third kappa shape index (κ3) is 2.61. The number of hydrogen-bond donors (Lipinski definition) is 1. The minimum Gasteiger partial charge on any atom is -0.481 e. The molecule has 4 aliphatic rings. The van der Waals surface area contributed by atoms with Gasteiger partial charge in [-0.1, -0.05) is 12.1 Å². The molecule has 1 aliphatic heterocycles. The van der Waals surface area contributed by atoms with Gasteiger partial charge in [-0.25, -0.2) is 4.39 Å². The van der Waals surface area contributed by atoms with Crippen molar-refractivity contribution in [3.8, 4) is 0 Å². The topological polar surface area (TPSA) is 57.6 Å². The average Bonchev–Trinajstić information content (AvgIpc) is 3.18. The Balaban J connectivity index is 1.44. The van der Waals surface area contributed by atoms with E-state index >= 15 is 0 Å². The number of carbonyl (C=O) groups excluding carboxylic acids is 1. The third-order valence-electron chi connectivity index (χ3n) is 8.09. The van der Waals surface area contributed by atoms with Crippen LogP contribution in [-0.2, 0) is 15.0 Å². The minimum absolute atomic E-state index is 0.0676. The largest absolute Gasteiger partial charge is 0.481 e. The highest BCUT2D eigenvalue weighted by atomic mass is 19.1. The van der Waals surface area contributed by atoms with Crippen LogP contribution in [0.3, 0.4) is 0 Å². The molecule has 1 aromatic rings. The van der Waals surface area contributed by atoms with Crippen LogP contribution in [0.1, 0.15) is 44.1 Å². The van der Waals surface area contributed by atoms with Crippen LogP contribution < -0.4 is 0 Å². The zero-order valence-corrected chi connectivity index (χ0v) is 15.4. The first-order valence-corrected chi connectivity index (χ1v) is 10.2. The molecule has 1 saturated heterocycles. The van der Waals surface area contributed by atoms with E-state index in [-0.39, 0.29) is 17.1 Å². The van der Waals surface area contributed by atoms with Crippen LogP contribution >= 0.6 is 0 Å². The summed E-state index contributed by atoms with van der Waals surface area (Å²) in [6.07, 6.45) is 6.40. The van der Waals surface area contributed by atoms with Gasteiger partial charge in [0.25, 0.3) is 0 Å². The van der Waals surface area contributed by atoms with Crippen molar-refractivity contribution in [1.82, 2.24) is 4.90 Å². The number of amides is 1. The van der Waals surface area contributed by atoms with E-state index in [0.29, 0.717) is 31.3 Å². The molecule has 2 bridgehead atoms. The van der Waals surface area contributed by atoms with Crippen LogP contribution in [0.5, 0.6) is 0 Å². The van der Waals surface area contributed by atoms with Crippen molar-refractivity contribution in [2.24, 2.45) is 29.6 Å². The first-order valence-electron chi connectivity index (χ1n) is 10.2. The molecule has 0 radical (unpaired) electrons. The molecule has 3 saturated carbocycles. The number of carboxylic acid groups (broad SMARTS) is 1. The lowest BCUT2D eigenvalue weighted by atomic mass is 9.54. The first kappa shape index (κ1) is 17.2. The van der Waals surface area contributed by atoms with E-state index < -0.39 is 11.9 Å². The molecule has 4 nitrogen and oxygen atoms in total. The molecular formula is C22H26FNO3. The van der Waals surface area contributed by atoms with Crippen molar-refractivity contribution in [1.29, 1.82) is 0 Å². The Morgan fingerprint density at radius 2 is 1.89 bits per heavy atom. The molecule has 1 N–H and O–H groups in total. The molecular weight excluding hydrogens is 345 g/mol. The summed E-state index contributed by atoms with van der Waals surface area (Å²) in [6, 6.07) is 6.80. The zero-order chi connectivity index (χ0) is 18.8. The highest BCUT2D eigenvalue weighted by Crippen LogP contribution is 2.64. The van der Waals surface area contributed by atoms with Crippen LogP contribution in [0.2, 0.25) is 0 Å². The van der Waals surface area contributed by atoms with Crippen LogP contribution in [0.25, 0.3) is 0 Å². The second-order valence-electron chi connectivity index (χ2n) is 9.32. The van der Waals surface area contributed by atoms with Crippen LogP contribution in [-0.4, -0.2) is 35.0 Å². The van der Waals surface area contributed by atoms with Crippen LogP contribution in [0.15, 0.2) is 24.3 Å². The maximum atomic E-state index is 13.6. The molecule has 5 unspecified atom stereocenters. The molecule has 144 valence electrons. The number of carboxylic acids is 1. The first-order chi connectivity index (χ1) is 13.0. The summed E-state index contributed by atoms with van der Waals surface area (Å²) in [6.45, 7) is 0.653. The van der Waals surface area contributed by atoms with E-state index in [1.54, 1.807) is 4.90 Å². The molecule has 0 aromatic heterocycles. The Morgan fingerprint density at radius 1 is 1.15 bits per heavy atom. The molecule has 4 fully saturated rings. The van der Waals surface area contributed by atoms with Crippen LogP contribution in [0.4, 0.5) is 4.39 Å².